The largest absolute Gasteiger partial charge is 0.497 e. The van der Waals surface area contributed by atoms with Crippen molar-refractivity contribution in [3.05, 3.63) is 29.8 Å². The highest BCUT2D eigenvalue weighted by Gasteiger charge is 2.24. The van der Waals surface area contributed by atoms with Crippen LogP contribution in [0.3, 0.4) is 0 Å². The number of carboxylic acids is 1. The zero-order valence-corrected chi connectivity index (χ0v) is 13.3. The van der Waals surface area contributed by atoms with Gasteiger partial charge in [-0.3, -0.25) is 0 Å². The van der Waals surface area contributed by atoms with Crippen LogP contribution < -0.4 is 10.1 Å². The molecule has 0 radical (unpaired) electrons. The Hall–Kier alpha value is -2.75. The topological polar surface area (TPSA) is 103 Å². The summed E-state index contributed by atoms with van der Waals surface area (Å²) in [6, 6.07) is 7.92. The molecule has 0 aliphatic carbocycles. The standard InChI is InChI=1S/C16H21N3O4/c1-12(15(20)21)19(11-3-9-17)16(22)18-10-8-13-4-6-14(23-2)7-5-13/h4-7,12H,3,8,10-11H2,1-2H3,(H,18,22)(H,20,21). The molecule has 124 valence electrons. The molecule has 2 amide bonds. The zero-order chi connectivity index (χ0) is 17.2. The van der Waals surface area contributed by atoms with Gasteiger partial charge in [-0.1, -0.05) is 12.1 Å². The number of nitrogens with zero attached hydrogens (tertiary/aromatic N) is 2. The highest BCUT2D eigenvalue weighted by molar-refractivity contribution is 5.82. The number of aliphatic carboxylic acids is 1. The molecular weight excluding hydrogens is 298 g/mol. The van der Waals surface area contributed by atoms with Crippen molar-refractivity contribution in [3.63, 3.8) is 0 Å². The van der Waals surface area contributed by atoms with Crippen molar-refractivity contribution in [1.82, 2.24) is 10.2 Å². The van der Waals surface area contributed by atoms with Crippen LogP contribution in [-0.2, 0) is 11.2 Å². The molecule has 2 N–H and O–H groups in total. The van der Waals surface area contributed by atoms with E-state index in [4.69, 9.17) is 15.1 Å². The van der Waals surface area contributed by atoms with E-state index in [1.807, 2.05) is 30.3 Å². The third-order valence-electron chi connectivity index (χ3n) is 3.40. The fourth-order valence-electron chi connectivity index (χ4n) is 1.98. The molecule has 23 heavy (non-hydrogen) atoms. The molecule has 0 aliphatic rings. The fourth-order valence-corrected chi connectivity index (χ4v) is 1.98. The van der Waals surface area contributed by atoms with Crippen LogP contribution in [0.5, 0.6) is 5.75 Å². The van der Waals surface area contributed by atoms with E-state index < -0.39 is 18.0 Å². The van der Waals surface area contributed by atoms with E-state index in [-0.39, 0.29) is 13.0 Å². The second-order valence-corrected chi connectivity index (χ2v) is 4.95. The van der Waals surface area contributed by atoms with Crippen LogP contribution in [0.2, 0.25) is 0 Å². The number of methoxy groups -OCH3 is 1. The monoisotopic (exact) mass is 319 g/mol. The lowest BCUT2D eigenvalue weighted by Gasteiger charge is -2.25. The van der Waals surface area contributed by atoms with Gasteiger partial charge < -0.3 is 20.1 Å². The van der Waals surface area contributed by atoms with Gasteiger partial charge in [-0.25, -0.2) is 9.59 Å². The maximum atomic E-state index is 12.1. The highest BCUT2D eigenvalue weighted by atomic mass is 16.5. The number of hydrogen-bond acceptors (Lipinski definition) is 4. The molecule has 1 unspecified atom stereocenters. The maximum absolute atomic E-state index is 12.1. The minimum atomic E-state index is -1.10. The van der Waals surface area contributed by atoms with Gasteiger partial charge >= 0.3 is 12.0 Å². The van der Waals surface area contributed by atoms with Crippen LogP contribution in [-0.4, -0.2) is 48.2 Å². The van der Waals surface area contributed by atoms with Gasteiger partial charge in [0.15, 0.2) is 0 Å². The third kappa shape index (κ3) is 5.87. The first kappa shape index (κ1) is 18.3. The predicted octanol–water partition coefficient (Wildman–Crippen LogP) is 1.64. The van der Waals surface area contributed by atoms with Gasteiger partial charge in [-0.15, -0.1) is 0 Å². The number of ether oxygens (including phenoxy) is 1. The molecule has 1 aromatic rings. The Labute approximate surface area is 135 Å². The van der Waals surface area contributed by atoms with E-state index in [0.29, 0.717) is 13.0 Å². The average Bonchev–Trinajstić information content (AvgIpc) is 2.55. The second kappa shape index (κ2) is 9.30. The summed E-state index contributed by atoms with van der Waals surface area (Å²) in [7, 11) is 1.59. The highest BCUT2D eigenvalue weighted by Crippen LogP contribution is 2.11. The van der Waals surface area contributed by atoms with Gasteiger partial charge in [-0.05, 0) is 31.0 Å². The Balaban J connectivity index is 2.53. The number of nitriles is 1. The third-order valence-corrected chi connectivity index (χ3v) is 3.40. The van der Waals surface area contributed by atoms with Crippen LogP contribution in [0.25, 0.3) is 0 Å². The van der Waals surface area contributed by atoms with Crippen LogP contribution >= 0.6 is 0 Å². The Morgan fingerprint density at radius 2 is 2.04 bits per heavy atom. The van der Waals surface area contributed by atoms with Crippen molar-refractivity contribution in [3.8, 4) is 11.8 Å². The first-order valence-electron chi connectivity index (χ1n) is 7.26. The molecule has 0 aliphatic heterocycles. The van der Waals surface area contributed by atoms with E-state index in [0.717, 1.165) is 16.2 Å². The SMILES string of the molecule is COc1ccc(CCNC(=O)N(CCC#N)C(C)C(=O)O)cc1. The minimum absolute atomic E-state index is 0.0817. The van der Waals surface area contributed by atoms with Crippen LogP contribution in [0.15, 0.2) is 24.3 Å². The summed E-state index contributed by atoms with van der Waals surface area (Å²) in [6.07, 6.45) is 0.701. The number of amides is 2. The van der Waals surface area contributed by atoms with E-state index in [1.165, 1.54) is 6.92 Å². The van der Waals surface area contributed by atoms with Crippen molar-refractivity contribution in [2.45, 2.75) is 25.8 Å². The first-order valence-corrected chi connectivity index (χ1v) is 7.26. The Morgan fingerprint density at radius 1 is 1.39 bits per heavy atom. The lowest BCUT2D eigenvalue weighted by molar-refractivity contribution is -0.141. The Kier molecular flexibility index (Phi) is 7.40. The Morgan fingerprint density at radius 3 is 2.57 bits per heavy atom. The maximum Gasteiger partial charge on any atom is 0.326 e. The van der Waals surface area contributed by atoms with Gasteiger partial charge in [0, 0.05) is 13.1 Å². The molecule has 0 aromatic heterocycles. The van der Waals surface area contributed by atoms with Crippen molar-refractivity contribution < 1.29 is 19.4 Å². The molecule has 7 nitrogen and oxygen atoms in total. The summed E-state index contributed by atoms with van der Waals surface area (Å²) in [5.74, 6) is -0.344. The number of hydrogen-bond donors (Lipinski definition) is 2. The quantitative estimate of drug-likeness (QED) is 0.758. The summed E-state index contributed by atoms with van der Waals surface area (Å²) in [5, 5.41) is 20.3. The number of urea groups is 1. The fraction of sp³-hybridized carbons (Fsp3) is 0.438. The smallest absolute Gasteiger partial charge is 0.326 e. The lowest BCUT2D eigenvalue weighted by Crippen LogP contribution is -2.49. The van der Waals surface area contributed by atoms with Gasteiger partial charge in [-0.2, -0.15) is 5.26 Å². The molecule has 0 spiro atoms. The zero-order valence-electron chi connectivity index (χ0n) is 13.3. The van der Waals surface area contributed by atoms with E-state index in [1.54, 1.807) is 7.11 Å². The summed E-state index contributed by atoms with van der Waals surface area (Å²) in [6.45, 7) is 1.88. The molecule has 0 bridgehead atoms. The van der Waals surface area contributed by atoms with Gasteiger partial charge in [0.05, 0.1) is 19.6 Å². The molecule has 0 saturated heterocycles. The second-order valence-electron chi connectivity index (χ2n) is 4.95. The number of carboxylic acid groups (broad SMARTS) is 1. The molecule has 1 rings (SSSR count). The van der Waals surface area contributed by atoms with Gasteiger partial charge in [0.1, 0.15) is 11.8 Å². The number of benzene rings is 1. The Bertz CT molecular complexity index is 566. The van der Waals surface area contributed by atoms with Gasteiger partial charge in [0.25, 0.3) is 0 Å². The number of rotatable bonds is 8. The van der Waals surface area contributed by atoms with Crippen molar-refractivity contribution >= 4 is 12.0 Å². The van der Waals surface area contributed by atoms with Gasteiger partial charge in [0.2, 0.25) is 0 Å². The molecular formula is C16H21N3O4. The molecule has 1 atom stereocenters. The molecule has 1 aromatic carbocycles. The van der Waals surface area contributed by atoms with Crippen LogP contribution in [0.4, 0.5) is 4.79 Å². The number of carbonyl (C=O) groups is 2. The summed E-state index contributed by atoms with van der Waals surface area (Å²) in [5.41, 5.74) is 1.03. The molecule has 0 heterocycles. The number of nitrogens with one attached hydrogen (secondary N) is 1. The van der Waals surface area contributed by atoms with E-state index >= 15 is 0 Å². The summed E-state index contributed by atoms with van der Waals surface area (Å²) >= 11 is 0. The van der Waals surface area contributed by atoms with Crippen molar-refractivity contribution in [1.29, 1.82) is 5.26 Å². The van der Waals surface area contributed by atoms with Crippen molar-refractivity contribution in [2.75, 3.05) is 20.2 Å². The van der Waals surface area contributed by atoms with E-state index in [2.05, 4.69) is 5.32 Å². The minimum Gasteiger partial charge on any atom is -0.497 e. The van der Waals surface area contributed by atoms with Crippen molar-refractivity contribution in [2.24, 2.45) is 0 Å². The predicted molar refractivity (Wildman–Crippen MR) is 84.1 cm³/mol. The molecule has 0 saturated carbocycles. The van der Waals surface area contributed by atoms with E-state index in [9.17, 15) is 9.59 Å². The van der Waals surface area contributed by atoms with Crippen LogP contribution in [0.1, 0.15) is 18.9 Å². The molecule has 7 heteroatoms. The first-order chi connectivity index (χ1) is 11.0. The summed E-state index contributed by atoms with van der Waals surface area (Å²) in [4.78, 5) is 24.3. The summed E-state index contributed by atoms with van der Waals surface area (Å²) < 4.78 is 5.07. The molecule has 0 fully saturated rings. The normalized spacial score (nSPS) is 11.2. The van der Waals surface area contributed by atoms with Crippen LogP contribution in [0, 0.1) is 11.3 Å². The number of carbonyl (C=O) groups excluding carboxylic acids is 1. The lowest BCUT2D eigenvalue weighted by atomic mass is 10.1. The average molecular weight is 319 g/mol.